The number of anilines is 1. The minimum atomic E-state index is -4.43. The Bertz CT molecular complexity index is 676. The van der Waals surface area contributed by atoms with Gasteiger partial charge in [0.05, 0.1) is 24.3 Å². The monoisotopic (exact) mass is 338 g/mol. The summed E-state index contributed by atoms with van der Waals surface area (Å²) in [5, 5.41) is 13.1. The molecule has 0 bridgehead atoms. The average molecular weight is 338 g/mol. The first-order valence-corrected chi connectivity index (χ1v) is 7.70. The van der Waals surface area contributed by atoms with Crippen LogP contribution in [0.15, 0.2) is 29.4 Å². The molecule has 128 valence electrons. The average Bonchev–Trinajstić information content (AvgIpc) is 2.84. The maximum absolute atomic E-state index is 12.7. The molecule has 24 heavy (non-hydrogen) atoms. The van der Waals surface area contributed by atoms with Crippen molar-refractivity contribution >= 4 is 17.2 Å². The maximum atomic E-state index is 12.7. The molecule has 0 atom stereocenters. The van der Waals surface area contributed by atoms with Crippen molar-refractivity contribution in [3.05, 3.63) is 29.8 Å². The molecule has 0 unspecified atom stereocenters. The van der Waals surface area contributed by atoms with Gasteiger partial charge in [-0.25, -0.2) is 0 Å². The zero-order valence-electron chi connectivity index (χ0n) is 13.1. The quantitative estimate of drug-likeness (QED) is 0.385. The first kappa shape index (κ1) is 17.8. The summed E-state index contributed by atoms with van der Waals surface area (Å²) in [5.41, 5.74) is 7.81. The van der Waals surface area contributed by atoms with E-state index in [1.165, 1.54) is 12.1 Å². The number of nitrogens with two attached hydrogens (primary N) is 1. The fraction of sp³-hybridized carbons (Fsp3) is 0.438. The summed E-state index contributed by atoms with van der Waals surface area (Å²) >= 11 is 0. The Morgan fingerprint density at radius 1 is 1.21 bits per heavy atom. The van der Waals surface area contributed by atoms with Crippen LogP contribution in [0.4, 0.5) is 18.9 Å². The Morgan fingerprint density at radius 3 is 2.46 bits per heavy atom. The lowest BCUT2D eigenvalue weighted by molar-refractivity contribution is -0.525. The van der Waals surface area contributed by atoms with Crippen LogP contribution in [0.5, 0.6) is 0 Å². The number of hydrazone groups is 1. The van der Waals surface area contributed by atoms with E-state index in [1.807, 2.05) is 10.6 Å². The van der Waals surface area contributed by atoms with Gasteiger partial charge in [0, 0.05) is 0 Å². The third kappa shape index (κ3) is 4.72. The fourth-order valence-corrected chi connectivity index (χ4v) is 2.49. The van der Waals surface area contributed by atoms with Crippen molar-refractivity contribution in [2.45, 2.75) is 31.9 Å². The van der Waals surface area contributed by atoms with Gasteiger partial charge in [0.1, 0.15) is 6.07 Å². The summed E-state index contributed by atoms with van der Waals surface area (Å²) in [6, 6.07) is 6.51. The van der Waals surface area contributed by atoms with Gasteiger partial charge in [0.15, 0.2) is 0 Å². The van der Waals surface area contributed by atoms with Gasteiger partial charge in [-0.05, 0) is 43.9 Å². The van der Waals surface area contributed by atoms with Gasteiger partial charge < -0.3 is 0 Å². The number of rotatable bonds is 3. The van der Waals surface area contributed by atoms with E-state index in [0.29, 0.717) is 0 Å². The van der Waals surface area contributed by atoms with Crippen LogP contribution in [0, 0.1) is 11.3 Å². The van der Waals surface area contributed by atoms with Crippen LogP contribution in [-0.4, -0.2) is 29.2 Å². The molecule has 1 aromatic carbocycles. The van der Waals surface area contributed by atoms with Crippen LogP contribution >= 0.6 is 0 Å². The molecule has 1 saturated heterocycles. The van der Waals surface area contributed by atoms with Crippen LogP contribution < -0.4 is 11.2 Å². The zero-order valence-corrected chi connectivity index (χ0v) is 13.1. The SMILES string of the molecule is N#CC(=NNc1cccc(C(F)(F)F)c1)C(N)=[N+]1CCCCCC1. The molecule has 1 aliphatic rings. The fourth-order valence-electron chi connectivity index (χ4n) is 2.49. The van der Waals surface area contributed by atoms with Crippen molar-refractivity contribution in [1.82, 2.24) is 0 Å². The van der Waals surface area contributed by atoms with E-state index in [2.05, 4.69) is 10.5 Å². The summed E-state index contributed by atoms with van der Waals surface area (Å²) in [6.45, 7) is 1.49. The lowest BCUT2D eigenvalue weighted by Crippen LogP contribution is -2.36. The predicted octanol–water partition coefficient (Wildman–Crippen LogP) is 2.94. The van der Waals surface area contributed by atoms with Gasteiger partial charge in [-0.2, -0.15) is 23.5 Å². The highest BCUT2D eigenvalue weighted by atomic mass is 19.4. The standard InChI is InChI=1S/C16H18F3N5/c17-16(18,19)12-6-5-7-13(10-12)22-23-14(11-20)15(21)24-8-3-1-2-4-9-24/h5-7,10H,1-4,8-9H2,(H2,21,22)/p+1. The first-order valence-electron chi connectivity index (χ1n) is 7.70. The molecule has 3 N–H and O–H groups in total. The second kappa shape index (κ2) is 7.81. The number of hydrogen-bond donors (Lipinski definition) is 2. The molecule has 0 saturated carbocycles. The van der Waals surface area contributed by atoms with E-state index in [9.17, 15) is 18.4 Å². The van der Waals surface area contributed by atoms with Crippen molar-refractivity contribution in [2.75, 3.05) is 18.5 Å². The van der Waals surface area contributed by atoms with Gasteiger partial charge in [-0.15, -0.1) is 0 Å². The number of halogens is 3. The molecule has 0 radical (unpaired) electrons. The molecular formula is C16H19F3N5+. The minimum absolute atomic E-state index is 0.0330. The molecule has 1 heterocycles. The summed E-state index contributed by atoms with van der Waals surface area (Å²) in [6.07, 6.45) is -0.228. The number of nitrogens with zero attached hydrogens (tertiary/aromatic N) is 3. The number of alkyl halides is 3. The molecule has 0 aromatic heterocycles. The van der Waals surface area contributed by atoms with Gasteiger partial charge in [-0.3, -0.25) is 15.7 Å². The molecule has 0 amide bonds. The number of benzene rings is 1. The second-order valence-corrected chi connectivity index (χ2v) is 5.55. The van der Waals surface area contributed by atoms with Crippen LogP contribution in [0.25, 0.3) is 0 Å². The normalized spacial score (nSPS) is 16.2. The van der Waals surface area contributed by atoms with Gasteiger partial charge in [0.2, 0.25) is 5.71 Å². The number of hydrogen-bond acceptors (Lipinski definition) is 3. The summed E-state index contributed by atoms with van der Waals surface area (Å²) in [4.78, 5) is 0. The lowest BCUT2D eigenvalue weighted by Gasteiger charge is -2.08. The number of nitrogens with one attached hydrogen (secondary N) is 1. The molecule has 8 heteroatoms. The van der Waals surface area contributed by atoms with Crippen molar-refractivity contribution in [3.63, 3.8) is 0 Å². The Labute approximate surface area is 138 Å². The summed E-state index contributed by atoms with van der Waals surface area (Å²) in [7, 11) is 0. The molecular weight excluding hydrogens is 319 g/mol. The van der Waals surface area contributed by atoms with Crippen LogP contribution in [-0.2, 0) is 6.18 Å². The predicted molar refractivity (Wildman–Crippen MR) is 85.8 cm³/mol. The van der Waals surface area contributed by atoms with E-state index in [4.69, 9.17) is 5.73 Å². The highest BCUT2D eigenvalue weighted by Crippen LogP contribution is 2.30. The third-order valence-corrected chi connectivity index (χ3v) is 3.78. The molecule has 1 aliphatic heterocycles. The second-order valence-electron chi connectivity index (χ2n) is 5.55. The van der Waals surface area contributed by atoms with E-state index < -0.39 is 11.7 Å². The third-order valence-electron chi connectivity index (χ3n) is 3.78. The molecule has 1 fully saturated rings. The van der Waals surface area contributed by atoms with E-state index in [0.717, 1.165) is 50.9 Å². The molecule has 1 aromatic rings. The van der Waals surface area contributed by atoms with Crippen molar-refractivity contribution in [3.8, 4) is 6.07 Å². The topological polar surface area (TPSA) is 77.2 Å². The van der Waals surface area contributed by atoms with Crippen molar-refractivity contribution in [1.29, 1.82) is 5.26 Å². The highest BCUT2D eigenvalue weighted by molar-refractivity contribution is 6.45. The number of amidine groups is 1. The number of nitriles is 1. The Kier molecular flexibility index (Phi) is 5.79. The largest absolute Gasteiger partial charge is 0.416 e. The minimum Gasteiger partial charge on any atom is -0.285 e. The van der Waals surface area contributed by atoms with Crippen molar-refractivity contribution < 1.29 is 17.7 Å². The van der Waals surface area contributed by atoms with Crippen LogP contribution in [0.2, 0.25) is 0 Å². The molecule has 0 aliphatic carbocycles. The smallest absolute Gasteiger partial charge is 0.285 e. The Balaban J connectivity index is 2.19. The van der Waals surface area contributed by atoms with Gasteiger partial charge >= 0.3 is 12.0 Å². The van der Waals surface area contributed by atoms with Crippen molar-refractivity contribution in [2.24, 2.45) is 10.8 Å². The maximum Gasteiger partial charge on any atom is 0.416 e. The van der Waals surface area contributed by atoms with E-state index >= 15 is 0 Å². The first-order chi connectivity index (χ1) is 11.4. The molecule has 0 spiro atoms. The molecule has 5 nitrogen and oxygen atoms in total. The zero-order chi connectivity index (χ0) is 17.6. The molecule has 2 rings (SSSR count). The summed E-state index contributed by atoms with van der Waals surface area (Å²) < 4.78 is 40.0. The summed E-state index contributed by atoms with van der Waals surface area (Å²) in [5.74, 6) is 0.249. The van der Waals surface area contributed by atoms with Crippen LogP contribution in [0.1, 0.15) is 31.2 Å². The Hall–Kier alpha value is -2.56. The van der Waals surface area contributed by atoms with Crippen LogP contribution in [0.3, 0.4) is 0 Å². The van der Waals surface area contributed by atoms with E-state index in [-0.39, 0.29) is 17.2 Å². The Morgan fingerprint density at radius 2 is 1.88 bits per heavy atom. The lowest BCUT2D eigenvalue weighted by atomic mass is 10.2. The van der Waals surface area contributed by atoms with Gasteiger partial charge in [-0.1, -0.05) is 6.07 Å². The van der Waals surface area contributed by atoms with Gasteiger partial charge in [0.25, 0.3) is 0 Å². The highest BCUT2D eigenvalue weighted by Gasteiger charge is 2.30. The van der Waals surface area contributed by atoms with E-state index in [1.54, 1.807) is 0 Å².